The molecule has 1 aliphatic heterocycles. The molecule has 1 heterocycles. The van der Waals surface area contributed by atoms with Gasteiger partial charge in [-0.3, -0.25) is 0 Å². The highest BCUT2D eigenvalue weighted by Gasteiger charge is 2.31. The molecule has 1 atom stereocenters. The quantitative estimate of drug-likeness (QED) is 0.715. The summed E-state index contributed by atoms with van der Waals surface area (Å²) >= 11 is 6.87. The van der Waals surface area contributed by atoms with Gasteiger partial charge in [0, 0.05) is 4.47 Å². The van der Waals surface area contributed by atoms with E-state index in [0.717, 1.165) is 52.0 Å². The van der Waals surface area contributed by atoms with Crippen molar-refractivity contribution in [1.29, 1.82) is 0 Å². The summed E-state index contributed by atoms with van der Waals surface area (Å²) in [5.74, 6) is 0.752. The molecule has 1 aliphatic rings. The summed E-state index contributed by atoms with van der Waals surface area (Å²) < 4.78 is 13.9. The van der Waals surface area contributed by atoms with Crippen LogP contribution in [0.4, 0.5) is 0 Å². The summed E-state index contributed by atoms with van der Waals surface area (Å²) in [5, 5.41) is 10.3. The highest BCUT2D eigenvalue weighted by Crippen LogP contribution is 2.28. The number of rotatable bonds is 6. The van der Waals surface area contributed by atoms with Gasteiger partial charge in [0.05, 0.1) is 24.2 Å². The van der Waals surface area contributed by atoms with E-state index < -0.39 is 6.10 Å². The molecule has 0 radical (unpaired) electrons. The maximum Gasteiger partial charge on any atom is 0.137 e. The van der Waals surface area contributed by atoms with Gasteiger partial charge in [0.25, 0.3) is 0 Å². The molecule has 118 valence electrons. The second-order valence-corrected chi connectivity index (χ2v) is 7.21. The Balaban J connectivity index is 1.87. The smallest absolute Gasteiger partial charge is 0.137 e. The minimum atomic E-state index is -0.474. The lowest BCUT2D eigenvalue weighted by Gasteiger charge is -2.41. The fourth-order valence-corrected chi connectivity index (χ4v) is 3.80. The highest BCUT2D eigenvalue weighted by atomic mass is 79.9. The molecule has 0 aliphatic carbocycles. The molecule has 4 nitrogen and oxygen atoms in total. The molecule has 21 heavy (non-hydrogen) atoms. The Kier molecular flexibility index (Phi) is 6.50. The molecule has 2 rings (SSSR count). The minimum Gasteiger partial charge on any atom is -0.489 e. The van der Waals surface area contributed by atoms with E-state index in [2.05, 4.69) is 38.8 Å². The Bertz CT molecular complexity index is 464. The first-order chi connectivity index (χ1) is 10.0. The van der Waals surface area contributed by atoms with E-state index in [4.69, 9.17) is 9.47 Å². The Morgan fingerprint density at radius 3 is 2.67 bits per heavy atom. The van der Waals surface area contributed by atoms with Crippen LogP contribution in [0.15, 0.2) is 27.1 Å². The molecule has 0 saturated carbocycles. The standard InChI is InChI=1S/C15H22Br2NO3/c1-2-18(5-7-20-8-6-18)10-13(19)11-21-15-4-3-12(16)9-14(15)17/h3-4,9,13,19H,2,5-8,10-11H2,1H3/q+1/t13-/m0/s1. The Morgan fingerprint density at radius 2 is 2.05 bits per heavy atom. The van der Waals surface area contributed by atoms with Crippen molar-refractivity contribution in [3.05, 3.63) is 27.1 Å². The van der Waals surface area contributed by atoms with Crippen LogP contribution in [-0.4, -0.2) is 61.7 Å². The van der Waals surface area contributed by atoms with Crippen LogP contribution in [0.5, 0.6) is 5.75 Å². The first-order valence-electron chi connectivity index (χ1n) is 7.23. The number of aliphatic hydroxyl groups excluding tert-OH is 1. The van der Waals surface area contributed by atoms with Crippen LogP contribution in [0, 0.1) is 0 Å². The van der Waals surface area contributed by atoms with Gasteiger partial charge in [0.15, 0.2) is 0 Å². The molecule has 0 spiro atoms. The van der Waals surface area contributed by atoms with Gasteiger partial charge in [0.2, 0.25) is 0 Å². The second-order valence-electron chi connectivity index (χ2n) is 5.44. The average Bonchev–Trinajstić information content (AvgIpc) is 2.47. The van der Waals surface area contributed by atoms with Gasteiger partial charge in [0.1, 0.15) is 38.1 Å². The number of quaternary nitrogens is 1. The summed E-state index contributed by atoms with van der Waals surface area (Å²) in [6, 6.07) is 5.75. The molecule has 1 fully saturated rings. The SMILES string of the molecule is CC[N+]1(C[C@H](O)COc2ccc(Br)cc2Br)CCOCC1. The van der Waals surface area contributed by atoms with Gasteiger partial charge in [-0.2, -0.15) is 0 Å². The van der Waals surface area contributed by atoms with Gasteiger partial charge in [-0.1, -0.05) is 15.9 Å². The van der Waals surface area contributed by atoms with Gasteiger partial charge in [-0.15, -0.1) is 0 Å². The zero-order valence-corrected chi connectivity index (χ0v) is 15.4. The van der Waals surface area contributed by atoms with E-state index >= 15 is 0 Å². The number of hydrogen-bond acceptors (Lipinski definition) is 3. The van der Waals surface area contributed by atoms with E-state index in [1.54, 1.807) is 0 Å². The Morgan fingerprint density at radius 1 is 1.33 bits per heavy atom. The molecule has 6 heteroatoms. The number of halogens is 2. The summed E-state index contributed by atoms with van der Waals surface area (Å²) in [6.45, 7) is 7.70. The number of ether oxygens (including phenoxy) is 2. The monoisotopic (exact) mass is 422 g/mol. The molecule has 1 N–H and O–H groups in total. The highest BCUT2D eigenvalue weighted by molar-refractivity contribution is 9.11. The number of likely N-dealkylation sites (N-methyl/N-ethyl adjacent to an activating group) is 1. The van der Waals surface area contributed by atoms with Crippen molar-refractivity contribution in [1.82, 2.24) is 0 Å². The van der Waals surface area contributed by atoms with E-state index in [1.165, 1.54) is 0 Å². The van der Waals surface area contributed by atoms with E-state index in [1.807, 2.05) is 18.2 Å². The van der Waals surface area contributed by atoms with Crippen molar-refractivity contribution < 1.29 is 19.1 Å². The average molecular weight is 424 g/mol. The predicted molar refractivity (Wildman–Crippen MR) is 89.6 cm³/mol. The van der Waals surface area contributed by atoms with Crippen molar-refractivity contribution in [2.45, 2.75) is 13.0 Å². The summed E-state index contributed by atoms with van der Waals surface area (Å²) in [6.07, 6.45) is -0.474. The van der Waals surface area contributed by atoms with Crippen molar-refractivity contribution in [3.8, 4) is 5.75 Å². The molecule has 1 aromatic carbocycles. The van der Waals surface area contributed by atoms with E-state index in [9.17, 15) is 5.11 Å². The van der Waals surface area contributed by atoms with Crippen molar-refractivity contribution in [3.63, 3.8) is 0 Å². The van der Waals surface area contributed by atoms with E-state index in [0.29, 0.717) is 13.2 Å². The summed E-state index contributed by atoms with van der Waals surface area (Å²) in [7, 11) is 0. The van der Waals surface area contributed by atoms with Gasteiger partial charge in [-0.25, -0.2) is 0 Å². The van der Waals surface area contributed by atoms with Crippen LogP contribution in [0.2, 0.25) is 0 Å². The molecule has 1 aromatic rings. The Hall–Kier alpha value is -0.140. The van der Waals surface area contributed by atoms with E-state index in [-0.39, 0.29) is 0 Å². The largest absolute Gasteiger partial charge is 0.489 e. The van der Waals surface area contributed by atoms with Crippen LogP contribution >= 0.6 is 31.9 Å². The Labute approximate surface area is 142 Å². The zero-order valence-electron chi connectivity index (χ0n) is 12.2. The van der Waals surface area contributed by atoms with Gasteiger partial charge >= 0.3 is 0 Å². The summed E-state index contributed by atoms with van der Waals surface area (Å²) in [4.78, 5) is 0. The van der Waals surface area contributed by atoms with Crippen molar-refractivity contribution >= 4 is 31.9 Å². The zero-order chi connectivity index (χ0) is 15.3. The number of hydrogen-bond donors (Lipinski definition) is 1. The fourth-order valence-electron chi connectivity index (χ4n) is 2.64. The van der Waals surface area contributed by atoms with Gasteiger partial charge in [-0.05, 0) is 41.1 Å². The molecular weight excluding hydrogens is 402 g/mol. The number of morpholine rings is 1. The molecule has 0 amide bonds. The second kappa shape index (κ2) is 7.92. The lowest BCUT2D eigenvalue weighted by atomic mass is 10.2. The maximum atomic E-state index is 10.3. The third-order valence-corrected chi connectivity index (χ3v) is 5.13. The maximum absolute atomic E-state index is 10.3. The van der Waals surface area contributed by atoms with Gasteiger partial charge < -0.3 is 19.1 Å². The molecule has 1 saturated heterocycles. The van der Waals surface area contributed by atoms with Crippen molar-refractivity contribution in [2.75, 3.05) is 46.0 Å². The van der Waals surface area contributed by atoms with Crippen LogP contribution in [0.25, 0.3) is 0 Å². The lowest BCUT2D eigenvalue weighted by Crippen LogP contribution is -2.58. The predicted octanol–water partition coefficient (Wildman–Crippen LogP) is 2.82. The van der Waals surface area contributed by atoms with Crippen LogP contribution < -0.4 is 4.74 Å². The molecule has 0 unspecified atom stereocenters. The molecular formula is C15H22Br2NO3+. The minimum absolute atomic E-state index is 0.307. The van der Waals surface area contributed by atoms with Crippen LogP contribution in [0.3, 0.4) is 0 Å². The summed E-state index contributed by atoms with van der Waals surface area (Å²) in [5.41, 5.74) is 0. The molecule has 0 bridgehead atoms. The topological polar surface area (TPSA) is 38.7 Å². The van der Waals surface area contributed by atoms with Crippen molar-refractivity contribution in [2.24, 2.45) is 0 Å². The third kappa shape index (κ3) is 4.93. The third-order valence-electron chi connectivity index (χ3n) is 4.01. The molecule has 0 aromatic heterocycles. The lowest BCUT2D eigenvalue weighted by molar-refractivity contribution is -0.936. The number of aliphatic hydroxyl groups is 1. The normalized spacial score (nSPS) is 19.2. The number of benzene rings is 1. The first-order valence-corrected chi connectivity index (χ1v) is 8.82. The van der Waals surface area contributed by atoms with Crippen LogP contribution in [0.1, 0.15) is 6.92 Å². The number of nitrogens with zero attached hydrogens (tertiary/aromatic N) is 1. The first kappa shape index (κ1) is 17.2. The fraction of sp³-hybridized carbons (Fsp3) is 0.600. The van der Waals surface area contributed by atoms with Crippen LogP contribution in [-0.2, 0) is 4.74 Å².